The number of nitrogens with zero attached hydrogens (tertiary/aromatic N) is 1. The number of hydrogen-bond donors (Lipinski definition) is 2. The van der Waals surface area contributed by atoms with Crippen LogP contribution in [0.2, 0.25) is 0 Å². The fraction of sp³-hybridized carbons (Fsp3) is 0.294. The van der Waals surface area contributed by atoms with Crippen molar-refractivity contribution in [3.05, 3.63) is 58.4 Å². The minimum Gasteiger partial charge on any atom is -0.347 e. The molecule has 0 bridgehead atoms. The molecule has 0 spiro atoms. The van der Waals surface area contributed by atoms with Crippen LogP contribution in [0.15, 0.2) is 30.5 Å². The first-order valence-electron chi connectivity index (χ1n) is 7.31. The maximum absolute atomic E-state index is 12.3. The van der Waals surface area contributed by atoms with Gasteiger partial charge in [-0.05, 0) is 29.7 Å². The fourth-order valence-electron chi connectivity index (χ4n) is 2.71. The van der Waals surface area contributed by atoms with E-state index in [4.69, 9.17) is 0 Å². The molecule has 0 aliphatic carbocycles. The predicted molar refractivity (Wildman–Crippen MR) is 83.6 cm³/mol. The van der Waals surface area contributed by atoms with Crippen molar-refractivity contribution in [1.82, 2.24) is 15.2 Å². The van der Waals surface area contributed by atoms with E-state index in [0.29, 0.717) is 17.8 Å². The average Bonchev–Trinajstić information content (AvgIpc) is 3.10. The molecule has 2 N–H and O–H groups in total. The van der Waals surface area contributed by atoms with Gasteiger partial charge in [0.2, 0.25) is 0 Å². The number of fused-ring (bicyclic) bond motifs is 1. The van der Waals surface area contributed by atoms with Crippen molar-refractivity contribution in [2.75, 3.05) is 0 Å². The Labute approximate surface area is 129 Å². The van der Waals surface area contributed by atoms with Gasteiger partial charge in [-0.15, -0.1) is 0 Å². The molecule has 0 radical (unpaired) electrons. The molecule has 5 nitrogen and oxygen atoms in total. The minimum absolute atomic E-state index is 0.0410. The van der Waals surface area contributed by atoms with E-state index >= 15 is 0 Å². The van der Waals surface area contributed by atoms with Crippen LogP contribution in [0.4, 0.5) is 0 Å². The van der Waals surface area contributed by atoms with Crippen LogP contribution in [0.25, 0.3) is 0 Å². The van der Waals surface area contributed by atoms with Gasteiger partial charge < -0.3 is 15.2 Å². The summed E-state index contributed by atoms with van der Waals surface area (Å²) in [5, 5.41) is 6.21. The highest BCUT2D eigenvalue weighted by Gasteiger charge is 2.14. The van der Waals surface area contributed by atoms with Crippen LogP contribution in [0, 0.1) is 0 Å². The number of rotatable bonds is 4. The van der Waals surface area contributed by atoms with Crippen LogP contribution in [-0.4, -0.2) is 16.3 Å². The van der Waals surface area contributed by atoms with Crippen LogP contribution in [0.5, 0.6) is 0 Å². The van der Waals surface area contributed by atoms with Gasteiger partial charge in [-0.1, -0.05) is 18.2 Å². The molecular weight excluding hydrogens is 278 g/mol. The number of nitrogens with one attached hydrogen (secondary N) is 2. The summed E-state index contributed by atoms with van der Waals surface area (Å²) in [6.07, 6.45) is 1.68. The number of hydrogen-bond acceptors (Lipinski definition) is 3. The zero-order valence-electron chi connectivity index (χ0n) is 12.8. The number of Topliss-reactive ketones (excluding diaryl/α,β-unsaturated/α-hetero) is 1. The lowest BCUT2D eigenvalue weighted by Gasteiger charge is -2.07. The zero-order valence-corrected chi connectivity index (χ0v) is 12.8. The lowest BCUT2D eigenvalue weighted by atomic mass is 10.1. The van der Waals surface area contributed by atoms with E-state index in [-0.39, 0.29) is 11.7 Å². The van der Waals surface area contributed by atoms with E-state index in [0.717, 1.165) is 18.7 Å². The van der Waals surface area contributed by atoms with E-state index in [1.807, 2.05) is 6.07 Å². The van der Waals surface area contributed by atoms with Crippen molar-refractivity contribution in [2.45, 2.75) is 26.6 Å². The molecule has 1 aromatic heterocycles. The third-order valence-electron chi connectivity index (χ3n) is 4.00. The Morgan fingerprint density at radius 2 is 2.00 bits per heavy atom. The molecule has 1 amide bonds. The van der Waals surface area contributed by atoms with Gasteiger partial charge in [0, 0.05) is 38.4 Å². The molecule has 1 aliphatic rings. The Morgan fingerprint density at radius 1 is 1.23 bits per heavy atom. The zero-order chi connectivity index (χ0) is 15.7. The fourth-order valence-corrected chi connectivity index (χ4v) is 2.71. The highest BCUT2D eigenvalue weighted by atomic mass is 16.2. The molecule has 0 saturated heterocycles. The van der Waals surface area contributed by atoms with Crippen molar-refractivity contribution in [3.8, 4) is 0 Å². The number of amides is 1. The summed E-state index contributed by atoms with van der Waals surface area (Å²) in [5.74, 6) is -0.214. The van der Waals surface area contributed by atoms with Crippen LogP contribution in [-0.2, 0) is 26.7 Å². The summed E-state index contributed by atoms with van der Waals surface area (Å²) >= 11 is 0. The maximum Gasteiger partial charge on any atom is 0.268 e. The van der Waals surface area contributed by atoms with E-state index in [1.54, 1.807) is 23.9 Å². The first-order chi connectivity index (χ1) is 10.5. The number of aryl methyl sites for hydroxylation is 1. The number of aromatic nitrogens is 1. The second-order valence-electron chi connectivity index (χ2n) is 5.67. The third kappa shape index (κ3) is 2.80. The number of carbonyl (C=O) groups is 2. The molecule has 1 aromatic carbocycles. The number of benzene rings is 1. The van der Waals surface area contributed by atoms with Crippen LogP contribution in [0.1, 0.15) is 44.5 Å². The summed E-state index contributed by atoms with van der Waals surface area (Å²) in [5.41, 5.74) is 4.74. The second kappa shape index (κ2) is 5.77. The van der Waals surface area contributed by atoms with E-state index < -0.39 is 0 Å². The van der Waals surface area contributed by atoms with Crippen LogP contribution in [0.3, 0.4) is 0 Å². The molecule has 2 heterocycles. The smallest absolute Gasteiger partial charge is 0.268 e. The predicted octanol–water partition coefficient (Wildman–Crippen LogP) is 1.76. The van der Waals surface area contributed by atoms with Gasteiger partial charge >= 0.3 is 0 Å². The van der Waals surface area contributed by atoms with Crippen LogP contribution >= 0.6 is 0 Å². The third-order valence-corrected chi connectivity index (χ3v) is 4.00. The molecular formula is C17H19N3O2. The molecule has 0 fully saturated rings. The summed E-state index contributed by atoms with van der Waals surface area (Å²) < 4.78 is 1.68. The Morgan fingerprint density at radius 3 is 2.73 bits per heavy atom. The topological polar surface area (TPSA) is 63.1 Å². The van der Waals surface area contributed by atoms with Gasteiger partial charge in [0.15, 0.2) is 5.78 Å². The van der Waals surface area contributed by atoms with E-state index in [1.165, 1.54) is 18.1 Å². The average molecular weight is 297 g/mol. The summed E-state index contributed by atoms with van der Waals surface area (Å²) in [6.45, 7) is 3.78. The normalized spacial score (nSPS) is 13.0. The largest absolute Gasteiger partial charge is 0.347 e. The molecule has 2 aromatic rings. The van der Waals surface area contributed by atoms with Gasteiger partial charge in [-0.2, -0.15) is 0 Å². The molecule has 0 unspecified atom stereocenters. The number of carbonyl (C=O) groups excluding carboxylic acids is 2. The first-order valence-corrected chi connectivity index (χ1v) is 7.31. The quantitative estimate of drug-likeness (QED) is 0.845. The summed E-state index contributed by atoms with van der Waals surface area (Å²) in [4.78, 5) is 23.6. The Kier molecular flexibility index (Phi) is 3.81. The lowest BCUT2D eigenvalue weighted by molar-refractivity contribution is 0.0942. The molecule has 0 saturated carbocycles. The number of ketones is 1. The van der Waals surface area contributed by atoms with E-state index in [2.05, 4.69) is 22.8 Å². The standard InChI is InChI=1S/C17H19N3O2/c1-11(21)15-6-16(20(2)10-15)17(22)19-7-12-3-4-13-8-18-9-14(13)5-12/h3-6,10,18H,7-9H2,1-2H3,(H,19,22). The molecule has 1 aliphatic heterocycles. The van der Waals surface area contributed by atoms with Gasteiger partial charge in [0.05, 0.1) is 0 Å². The van der Waals surface area contributed by atoms with Gasteiger partial charge in [-0.3, -0.25) is 9.59 Å². The molecule has 114 valence electrons. The SMILES string of the molecule is CC(=O)c1cc(C(=O)NCc2ccc3c(c2)CNC3)n(C)c1. The highest BCUT2D eigenvalue weighted by Crippen LogP contribution is 2.17. The Bertz CT molecular complexity index is 746. The monoisotopic (exact) mass is 297 g/mol. The second-order valence-corrected chi connectivity index (χ2v) is 5.67. The first kappa shape index (κ1) is 14.5. The van der Waals surface area contributed by atoms with Crippen molar-refractivity contribution in [2.24, 2.45) is 7.05 Å². The van der Waals surface area contributed by atoms with Crippen molar-refractivity contribution < 1.29 is 9.59 Å². The van der Waals surface area contributed by atoms with Gasteiger partial charge in [0.1, 0.15) is 5.69 Å². The van der Waals surface area contributed by atoms with Gasteiger partial charge in [-0.25, -0.2) is 0 Å². The summed E-state index contributed by atoms with van der Waals surface area (Å²) in [6, 6.07) is 7.90. The molecule has 0 atom stereocenters. The van der Waals surface area contributed by atoms with Crippen LogP contribution < -0.4 is 10.6 Å². The Hall–Kier alpha value is -2.40. The molecule has 3 rings (SSSR count). The van der Waals surface area contributed by atoms with E-state index in [9.17, 15) is 9.59 Å². The maximum atomic E-state index is 12.3. The highest BCUT2D eigenvalue weighted by molar-refractivity contribution is 5.99. The Balaban J connectivity index is 1.68. The van der Waals surface area contributed by atoms with Crippen molar-refractivity contribution in [3.63, 3.8) is 0 Å². The van der Waals surface area contributed by atoms with Gasteiger partial charge in [0.25, 0.3) is 5.91 Å². The van der Waals surface area contributed by atoms with Crippen molar-refractivity contribution in [1.29, 1.82) is 0 Å². The lowest BCUT2D eigenvalue weighted by Crippen LogP contribution is -2.24. The minimum atomic E-state index is -0.173. The van der Waals surface area contributed by atoms with Crippen molar-refractivity contribution >= 4 is 11.7 Å². The molecule has 22 heavy (non-hydrogen) atoms. The molecule has 5 heteroatoms. The summed E-state index contributed by atoms with van der Waals surface area (Å²) in [7, 11) is 1.77.